The number of hydrogen-bond donors (Lipinski definition) is 1. The molecule has 1 aromatic heterocycles. The maximum atomic E-state index is 12.4. The van der Waals surface area contributed by atoms with Crippen molar-refractivity contribution in [3.8, 4) is 5.75 Å². The minimum absolute atomic E-state index is 0.320. The Morgan fingerprint density at radius 3 is 2.57 bits per heavy atom. The third-order valence-corrected chi connectivity index (χ3v) is 5.69. The van der Waals surface area contributed by atoms with E-state index >= 15 is 0 Å². The highest BCUT2D eigenvalue weighted by Crippen LogP contribution is 2.24. The summed E-state index contributed by atoms with van der Waals surface area (Å²) >= 11 is 0. The number of fused-ring (bicyclic) bond motifs is 1. The lowest BCUT2D eigenvalue weighted by Gasteiger charge is -2.21. The van der Waals surface area contributed by atoms with Crippen molar-refractivity contribution in [3.05, 3.63) is 59.8 Å². The first kappa shape index (κ1) is 24.5. The van der Waals surface area contributed by atoms with Crippen LogP contribution in [0, 0.1) is 6.92 Å². The molecule has 1 saturated heterocycles. The highest BCUT2D eigenvalue weighted by Gasteiger charge is 2.30. The van der Waals surface area contributed by atoms with Crippen molar-refractivity contribution in [2.45, 2.75) is 19.7 Å². The minimum atomic E-state index is -4.74. The first-order valence-electron chi connectivity index (χ1n) is 11.2. The molecular weight excluding hydrogens is 459 g/mol. The topological polar surface area (TPSA) is 70.6 Å². The number of aryl methyl sites for hydroxylation is 1. The van der Waals surface area contributed by atoms with Gasteiger partial charge < -0.3 is 19.9 Å². The Balaban J connectivity index is 1.42. The fourth-order valence-electron chi connectivity index (χ4n) is 3.87. The van der Waals surface area contributed by atoms with E-state index in [9.17, 15) is 18.0 Å². The van der Waals surface area contributed by atoms with Crippen LogP contribution in [0.25, 0.3) is 17.0 Å². The van der Waals surface area contributed by atoms with Crippen LogP contribution >= 0.6 is 0 Å². The molecule has 0 bridgehead atoms. The molecule has 35 heavy (non-hydrogen) atoms. The van der Waals surface area contributed by atoms with Gasteiger partial charge in [-0.25, -0.2) is 9.97 Å². The van der Waals surface area contributed by atoms with Gasteiger partial charge >= 0.3 is 6.36 Å². The molecular formula is C25H26F3N5O2. The van der Waals surface area contributed by atoms with Crippen molar-refractivity contribution >= 4 is 34.5 Å². The zero-order valence-corrected chi connectivity index (χ0v) is 19.5. The van der Waals surface area contributed by atoms with E-state index < -0.39 is 6.36 Å². The summed E-state index contributed by atoms with van der Waals surface area (Å²) in [6.45, 7) is 5.73. The molecule has 1 fully saturated rings. The standard InChI is InChI=1S/C25H26F3N5O2/c1-17-21-16-19(7-10-22(21)31-24(29-17)33-13-3-12-32(2)14-15-33)30-23(34)11-6-18-4-8-20(9-5-18)35-25(26,27)28/h4-11,16H,3,12-15H2,1-2H3,(H,30,34)/b11-6+. The zero-order valence-electron chi connectivity index (χ0n) is 19.5. The van der Waals surface area contributed by atoms with Gasteiger partial charge in [0, 0.05) is 36.8 Å². The Morgan fingerprint density at radius 2 is 1.83 bits per heavy atom. The lowest BCUT2D eigenvalue weighted by Crippen LogP contribution is -2.30. The number of aromatic nitrogens is 2. The van der Waals surface area contributed by atoms with Crippen molar-refractivity contribution < 1.29 is 22.7 Å². The Morgan fingerprint density at radius 1 is 1.06 bits per heavy atom. The second kappa shape index (κ2) is 10.3. The van der Waals surface area contributed by atoms with Crippen LogP contribution in [0.3, 0.4) is 0 Å². The van der Waals surface area contributed by atoms with Gasteiger partial charge in [-0.1, -0.05) is 12.1 Å². The molecule has 2 aromatic carbocycles. The van der Waals surface area contributed by atoms with Crippen LogP contribution in [0.2, 0.25) is 0 Å². The second-order valence-corrected chi connectivity index (χ2v) is 8.42. The van der Waals surface area contributed by atoms with Crippen LogP contribution in [0.15, 0.2) is 48.5 Å². The maximum absolute atomic E-state index is 12.4. The number of nitrogens with one attached hydrogen (secondary N) is 1. The summed E-state index contributed by atoms with van der Waals surface area (Å²) in [5.74, 6) is 0.0275. The molecule has 7 nitrogen and oxygen atoms in total. The number of nitrogens with zero attached hydrogens (tertiary/aromatic N) is 4. The quantitative estimate of drug-likeness (QED) is 0.532. The summed E-state index contributed by atoms with van der Waals surface area (Å²) in [5.41, 5.74) is 2.79. The van der Waals surface area contributed by atoms with Gasteiger partial charge in [-0.2, -0.15) is 0 Å². The summed E-state index contributed by atoms with van der Waals surface area (Å²) < 4.78 is 40.6. The number of anilines is 2. The van der Waals surface area contributed by atoms with E-state index in [4.69, 9.17) is 9.97 Å². The van der Waals surface area contributed by atoms with Crippen molar-refractivity contribution in [2.24, 2.45) is 0 Å². The number of ether oxygens (including phenoxy) is 1. The van der Waals surface area contributed by atoms with Gasteiger partial charge in [-0.05, 0) is 68.9 Å². The first-order valence-corrected chi connectivity index (χ1v) is 11.2. The number of carbonyl (C=O) groups excluding carboxylic acids is 1. The largest absolute Gasteiger partial charge is 0.573 e. The molecule has 10 heteroatoms. The van der Waals surface area contributed by atoms with Crippen LogP contribution in [-0.2, 0) is 4.79 Å². The van der Waals surface area contributed by atoms with E-state index in [-0.39, 0.29) is 11.7 Å². The van der Waals surface area contributed by atoms with Crippen LogP contribution < -0.4 is 15.0 Å². The summed E-state index contributed by atoms with van der Waals surface area (Å²) in [4.78, 5) is 26.3. The average molecular weight is 486 g/mol. The monoisotopic (exact) mass is 485 g/mol. The first-order chi connectivity index (χ1) is 16.7. The predicted octanol–water partition coefficient (Wildman–Crippen LogP) is 4.63. The third kappa shape index (κ3) is 6.69. The minimum Gasteiger partial charge on any atom is -0.406 e. The predicted molar refractivity (Wildman–Crippen MR) is 129 cm³/mol. The molecule has 0 atom stereocenters. The fourth-order valence-corrected chi connectivity index (χ4v) is 3.87. The lowest BCUT2D eigenvalue weighted by atomic mass is 10.1. The summed E-state index contributed by atoms with van der Waals surface area (Å²) in [6.07, 6.45) is -0.869. The van der Waals surface area contributed by atoms with Crippen molar-refractivity contribution in [1.29, 1.82) is 0 Å². The van der Waals surface area contributed by atoms with Crippen molar-refractivity contribution in [3.63, 3.8) is 0 Å². The van der Waals surface area contributed by atoms with Gasteiger partial charge in [0.05, 0.1) is 11.2 Å². The molecule has 0 aliphatic carbocycles. The Hall–Kier alpha value is -3.66. The normalized spacial score (nSPS) is 15.4. The van der Waals surface area contributed by atoms with Gasteiger partial charge in [0.1, 0.15) is 5.75 Å². The molecule has 0 unspecified atom stereocenters. The van der Waals surface area contributed by atoms with Crippen LogP contribution in [0.5, 0.6) is 5.75 Å². The summed E-state index contributed by atoms with van der Waals surface area (Å²) in [5, 5.41) is 3.64. The van der Waals surface area contributed by atoms with E-state index in [0.29, 0.717) is 11.3 Å². The summed E-state index contributed by atoms with van der Waals surface area (Å²) in [6, 6.07) is 10.7. The highest BCUT2D eigenvalue weighted by atomic mass is 19.4. The fraction of sp³-hybridized carbons (Fsp3) is 0.320. The number of hydrogen-bond acceptors (Lipinski definition) is 6. The van der Waals surface area contributed by atoms with E-state index in [1.54, 1.807) is 6.07 Å². The van der Waals surface area contributed by atoms with Gasteiger partial charge in [0.25, 0.3) is 0 Å². The van der Waals surface area contributed by atoms with E-state index in [1.165, 1.54) is 36.4 Å². The van der Waals surface area contributed by atoms with Crippen molar-refractivity contribution in [2.75, 3.05) is 43.4 Å². The molecule has 3 aromatic rings. The number of benzene rings is 2. The number of carbonyl (C=O) groups is 1. The Bertz CT molecular complexity index is 1230. The number of amides is 1. The van der Waals surface area contributed by atoms with Crippen LogP contribution in [0.1, 0.15) is 17.7 Å². The number of alkyl halides is 3. The molecule has 184 valence electrons. The zero-order chi connectivity index (χ0) is 25.0. The third-order valence-electron chi connectivity index (χ3n) is 5.69. The van der Waals surface area contributed by atoms with Gasteiger partial charge in [0.2, 0.25) is 11.9 Å². The van der Waals surface area contributed by atoms with E-state index in [1.807, 2.05) is 19.1 Å². The molecule has 1 amide bonds. The maximum Gasteiger partial charge on any atom is 0.573 e. The number of halogens is 3. The van der Waals surface area contributed by atoms with E-state index in [2.05, 4.69) is 26.9 Å². The van der Waals surface area contributed by atoms with Gasteiger partial charge in [-0.15, -0.1) is 13.2 Å². The lowest BCUT2D eigenvalue weighted by molar-refractivity contribution is -0.274. The number of likely N-dealkylation sites (N-methyl/N-ethyl adjacent to an activating group) is 1. The molecule has 0 spiro atoms. The molecule has 1 aliphatic rings. The SMILES string of the molecule is Cc1nc(N2CCCN(C)CC2)nc2ccc(NC(=O)/C=C/c3ccc(OC(F)(F)F)cc3)cc12. The van der Waals surface area contributed by atoms with Crippen molar-refractivity contribution in [1.82, 2.24) is 14.9 Å². The molecule has 1 N–H and O–H groups in total. The van der Waals surface area contributed by atoms with Crippen LogP contribution in [-0.4, -0.2) is 60.4 Å². The molecule has 0 radical (unpaired) electrons. The average Bonchev–Trinajstić information content (AvgIpc) is 3.02. The molecule has 4 rings (SSSR count). The van der Waals surface area contributed by atoms with Crippen LogP contribution in [0.4, 0.5) is 24.8 Å². The molecule has 2 heterocycles. The molecule has 1 aliphatic heterocycles. The van der Waals surface area contributed by atoms with E-state index in [0.717, 1.165) is 55.1 Å². The number of rotatable bonds is 5. The highest BCUT2D eigenvalue weighted by molar-refractivity contribution is 6.03. The summed E-state index contributed by atoms with van der Waals surface area (Å²) in [7, 11) is 2.12. The Kier molecular flexibility index (Phi) is 7.20. The van der Waals surface area contributed by atoms with Gasteiger partial charge in [0.15, 0.2) is 0 Å². The second-order valence-electron chi connectivity index (χ2n) is 8.42. The molecule has 0 saturated carbocycles. The Labute approximate surface area is 201 Å². The smallest absolute Gasteiger partial charge is 0.406 e. The van der Waals surface area contributed by atoms with Gasteiger partial charge in [-0.3, -0.25) is 4.79 Å².